The summed E-state index contributed by atoms with van der Waals surface area (Å²) < 4.78 is 0. The molecule has 0 aromatic heterocycles. The summed E-state index contributed by atoms with van der Waals surface area (Å²) in [5, 5.41) is 0. The Morgan fingerprint density at radius 1 is 1.18 bits per heavy atom. The second kappa shape index (κ2) is 8.74. The highest BCUT2D eigenvalue weighted by atomic mass is 14.6. The third-order valence-corrected chi connectivity index (χ3v) is 3.60. The zero-order valence-electron chi connectivity index (χ0n) is 12.6. The van der Waals surface area contributed by atoms with Crippen molar-refractivity contribution in [3.05, 3.63) is 12.2 Å². The maximum absolute atomic E-state index is 5.69. The molecule has 0 saturated carbocycles. The molecular weight excluding hydrogens is 206 g/mol. The number of hydrogen-bond donors (Lipinski definition) is 1. The van der Waals surface area contributed by atoms with E-state index in [0.29, 0.717) is 11.5 Å². The summed E-state index contributed by atoms with van der Waals surface area (Å²) in [5.41, 5.74) is 6.21. The zero-order valence-corrected chi connectivity index (χ0v) is 12.6. The highest BCUT2D eigenvalue weighted by Crippen LogP contribution is 2.30. The fourth-order valence-electron chi connectivity index (χ4n) is 2.20. The van der Waals surface area contributed by atoms with Crippen LogP contribution in [0.5, 0.6) is 0 Å². The third kappa shape index (κ3) is 10.6. The normalized spacial score (nSPS) is 16.4. The van der Waals surface area contributed by atoms with Crippen molar-refractivity contribution in [2.24, 2.45) is 17.1 Å². The molecule has 2 atom stereocenters. The molecule has 102 valence electrons. The largest absolute Gasteiger partial charge is 0.328 e. The standard InChI is InChI=1S/C16H33N/c1-6-16(4,5)13-14(2)11-9-7-8-10-12-15(3)17/h8,10,14-15H,6-7,9,11-13,17H2,1-5H3/b10-8+/t14-,15-/m0/s1. The highest BCUT2D eigenvalue weighted by molar-refractivity contribution is 4.84. The molecule has 0 aliphatic rings. The summed E-state index contributed by atoms with van der Waals surface area (Å²) in [4.78, 5) is 0. The molecule has 0 aromatic rings. The Morgan fingerprint density at radius 3 is 2.35 bits per heavy atom. The van der Waals surface area contributed by atoms with Crippen LogP contribution in [0.3, 0.4) is 0 Å². The SMILES string of the molecule is CCC(C)(C)C[C@@H](C)CCC/C=C/C[C@H](C)N. The lowest BCUT2D eigenvalue weighted by molar-refractivity contribution is 0.257. The molecular formula is C16H33N. The van der Waals surface area contributed by atoms with Gasteiger partial charge in [0.2, 0.25) is 0 Å². The van der Waals surface area contributed by atoms with E-state index in [1.807, 2.05) is 0 Å². The van der Waals surface area contributed by atoms with Gasteiger partial charge >= 0.3 is 0 Å². The van der Waals surface area contributed by atoms with E-state index >= 15 is 0 Å². The maximum atomic E-state index is 5.69. The highest BCUT2D eigenvalue weighted by Gasteiger charge is 2.18. The van der Waals surface area contributed by atoms with E-state index in [1.54, 1.807) is 0 Å². The van der Waals surface area contributed by atoms with Crippen molar-refractivity contribution in [3.8, 4) is 0 Å². The van der Waals surface area contributed by atoms with E-state index in [4.69, 9.17) is 5.73 Å². The van der Waals surface area contributed by atoms with E-state index in [1.165, 1.54) is 32.1 Å². The lowest BCUT2D eigenvalue weighted by atomic mass is 9.80. The fourth-order valence-corrected chi connectivity index (χ4v) is 2.20. The van der Waals surface area contributed by atoms with E-state index in [0.717, 1.165) is 12.3 Å². The fraction of sp³-hybridized carbons (Fsp3) is 0.875. The summed E-state index contributed by atoms with van der Waals surface area (Å²) >= 11 is 0. The smallest absolute Gasteiger partial charge is 0.00449 e. The molecule has 0 bridgehead atoms. The van der Waals surface area contributed by atoms with Crippen molar-refractivity contribution in [3.63, 3.8) is 0 Å². The van der Waals surface area contributed by atoms with E-state index in [2.05, 4.69) is 46.8 Å². The first-order chi connectivity index (χ1) is 7.87. The van der Waals surface area contributed by atoms with E-state index in [-0.39, 0.29) is 0 Å². The van der Waals surface area contributed by atoms with Crippen LogP contribution in [0.4, 0.5) is 0 Å². The molecule has 0 aliphatic carbocycles. The van der Waals surface area contributed by atoms with E-state index in [9.17, 15) is 0 Å². The number of nitrogens with two attached hydrogens (primary N) is 1. The third-order valence-electron chi connectivity index (χ3n) is 3.60. The van der Waals surface area contributed by atoms with Gasteiger partial charge in [-0.1, -0.05) is 52.7 Å². The molecule has 1 heteroatoms. The number of hydrogen-bond acceptors (Lipinski definition) is 1. The van der Waals surface area contributed by atoms with Crippen molar-refractivity contribution in [1.82, 2.24) is 0 Å². The van der Waals surface area contributed by atoms with Crippen LogP contribution >= 0.6 is 0 Å². The van der Waals surface area contributed by atoms with Crippen LogP contribution in [0.15, 0.2) is 12.2 Å². The van der Waals surface area contributed by atoms with Crippen LogP contribution in [-0.2, 0) is 0 Å². The van der Waals surface area contributed by atoms with Crippen LogP contribution in [0.2, 0.25) is 0 Å². The molecule has 0 rings (SSSR count). The average Bonchev–Trinajstić information content (AvgIpc) is 2.22. The van der Waals surface area contributed by atoms with Gasteiger partial charge in [0.1, 0.15) is 0 Å². The Bertz CT molecular complexity index is 204. The molecule has 0 radical (unpaired) electrons. The lowest BCUT2D eigenvalue weighted by Crippen LogP contribution is -2.14. The minimum absolute atomic E-state index is 0.301. The van der Waals surface area contributed by atoms with Crippen molar-refractivity contribution in [1.29, 1.82) is 0 Å². The molecule has 1 nitrogen and oxygen atoms in total. The van der Waals surface area contributed by atoms with Crippen molar-refractivity contribution < 1.29 is 0 Å². The molecule has 2 N–H and O–H groups in total. The molecule has 0 unspecified atom stereocenters. The Morgan fingerprint density at radius 2 is 1.82 bits per heavy atom. The topological polar surface area (TPSA) is 26.0 Å². The second-order valence-electron chi connectivity index (χ2n) is 6.44. The first-order valence-electron chi connectivity index (χ1n) is 7.28. The molecule has 0 amide bonds. The van der Waals surface area contributed by atoms with Crippen molar-refractivity contribution in [2.45, 2.75) is 79.2 Å². The molecule has 0 aromatic carbocycles. The van der Waals surface area contributed by atoms with Gasteiger partial charge in [-0.2, -0.15) is 0 Å². The van der Waals surface area contributed by atoms with Crippen molar-refractivity contribution >= 4 is 0 Å². The number of rotatable bonds is 9. The van der Waals surface area contributed by atoms with Gasteiger partial charge in [-0.25, -0.2) is 0 Å². The van der Waals surface area contributed by atoms with Crippen LogP contribution in [0.1, 0.15) is 73.1 Å². The van der Waals surface area contributed by atoms with Crippen molar-refractivity contribution in [2.75, 3.05) is 0 Å². The van der Waals surface area contributed by atoms with Gasteiger partial charge in [0.15, 0.2) is 0 Å². The number of unbranched alkanes of at least 4 members (excludes halogenated alkanes) is 1. The molecule has 17 heavy (non-hydrogen) atoms. The molecule has 0 aliphatic heterocycles. The van der Waals surface area contributed by atoms with Gasteiger partial charge in [0.25, 0.3) is 0 Å². The Hall–Kier alpha value is -0.300. The molecule has 0 fully saturated rings. The summed E-state index contributed by atoms with van der Waals surface area (Å²) in [6.45, 7) is 11.5. The van der Waals surface area contributed by atoms with Gasteiger partial charge in [-0.3, -0.25) is 0 Å². The van der Waals surface area contributed by atoms with Crippen LogP contribution in [0.25, 0.3) is 0 Å². The maximum Gasteiger partial charge on any atom is 0.00449 e. The quantitative estimate of drug-likeness (QED) is 0.449. The van der Waals surface area contributed by atoms with Gasteiger partial charge < -0.3 is 5.73 Å². The zero-order chi connectivity index (χ0) is 13.3. The monoisotopic (exact) mass is 239 g/mol. The molecule has 0 heterocycles. The summed E-state index contributed by atoms with van der Waals surface area (Å²) in [6, 6.07) is 0.301. The average molecular weight is 239 g/mol. The van der Waals surface area contributed by atoms with Gasteiger partial charge in [0.05, 0.1) is 0 Å². The van der Waals surface area contributed by atoms with Crippen LogP contribution in [0, 0.1) is 11.3 Å². The Kier molecular flexibility index (Phi) is 8.59. The minimum atomic E-state index is 0.301. The summed E-state index contributed by atoms with van der Waals surface area (Å²) in [5.74, 6) is 0.854. The molecule has 0 spiro atoms. The predicted molar refractivity (Wildman–Crippen MR) is 79.1 cm³/mol. The summed E-state index contributed by atoms with van der Waals surface area (Å²) in [6.07, 6.45) is 12.1. The Labute approximate surface area is 109 Å². The second-order valence-corrected chi connectivity index (χ2v) is 6.44. The van der Waals surface area contributed by atoms with Crippen LogP contribution in [-0.4, -0.2) is 6.04 Å². The first kappa shape index (κ1) is 16.7. The lowest BCUT2D eigenvalue weighted by Gasteiger charge is -2.26. The van der Waals surface area contributed by atoms with Gasteiger partial charge in [-0.05, 0) is 43.9 Å². The Balaban J connectivity index is 3.58. The number of allylic oxidation sites excluding steroid dienone is 1. The molecule has 0 saturated heterocycles. The van der Waals surface area contributed by atoms with E-state index < -0.39 is 0 Å². The van der Waals surface area contributed by atoms with Gasteiger partial charge in [-0.15, -0.1) is 0 Å². The predicted octanol–water partition coefficient (Wildman–Crippen LogP) is 4.91. The van der Waals surface area contributed by atoms with Crippen LogP contribution < -0.4 is 5.73 Å². The summed E-state index contributed by atoms with van der Waals surface area (Å²) in [7, 11) is 0. The van der Waals surface area contributed by atoms with Gasteiger partial charge in [0, 0.05) is 6.04 Å². The first-order valence-corrected chi connectivity index (χ1v) is 7.28. The minimum Gasteiger partial charge on any atom is -0.328 e.